The molecule has 88 valence electrons. The maximum atomic E-state index is 13.3. The third-order valence-corrected chi connectivity index (χ3v) is 2.51. The first-order chi connectivity index (χ1) is 7.60. The van der Waals surface area contributed by atoms with E-state index in [2.05, 4.69) is 5.32 Å². The van der Waals surface area contributed by atoms with Gasteiger partial charge in [-0.2, -0.15) is 0 Å². The van der Waals surface area contributed by atoms with Crippen LogP contribution in [0.1, 0.15) is 23.7 Å². The fourth-order valence-corrected chi connectivity index (χ4v) is 1.58. The van der Waals surface area contributed by atoms with Gasteiger partial charge in [0.2, 0.25) is 0 Å². The van der Waals surface area contributed by atoms with Crippen molar-refractivity contribution in [1.29, 1.82) is 0 Å². The summed E-state index contributed by atoms with van der Waals surface area (Å²) in [5, 5.41) is 2.87. The molecule has 0 aliphatic heterocycles. The minimum absolute atomic E-state index is 0.165. The Morgan fingerprint density at radius 3 is 2.69 bits per heavy atom. The second-order valence-electron chi connectivity index (χ2n) is 3.65. The van der Waals surface area contributed by atoms with E-state index in [9.17, 15) is 13.6 Å². The third-order valence-electron chi connectivity index (χ3n) is 2.51. The van der Waals surface area contributed by atoms with Gasteiger partial charge in [-0.15, -0.1) is 0 Å². The Morgan fingerprint density at radius 2 is 2.12 bits per heavy atom. The molecule has 0 amide bonds. The standard InChI is InChI=1S/C12H15F2NO/c1-3-8(7-15-2)12(16)10-6-9(13)4-5-11(10)14/h4-6,8,15H,3,7H2,1-2H3. The Balaban J connectivity index is 2.98. The van der Waals surface area contributed by atoms with Crippen molar-refractivity contribution >= 4 is 5.78 Å². The third kappa shape index (κ3) is 2.85. The van der Waals surface area contributed by atoms with Crippen molar-refractivity contribution in [2.24, 2.45) is 5.92 Å². The number of carbonyl (C=O) groups is 1. The zero-order valence-electron chi connectivity index (χ0n) is 9.39. The number of ketones is 1. The Morgan fingerprint density at radius 1 is 1.44 bits per heavy atom. The monoisotopic (exact) mass is 227 g/mol. The molecule has 1 unspecified atom stereocenters. The minimum atomic E-state index is -0.666. The largest absolute Gasteiger partial charge is 0.319 e. The van der Waals surface area contributed by atoms with E-state index in [1.54, 1.807) is 7.05 Å². The van der Waals surface area contributed by atoms with Gasteiger partial charge >= 0.3 is 0 Å². The summed E-state index contributed by atoms with van der Waals surface area (Å²) in [5.74, 6) is -1.93. The highest BCUT2D eigenvalue weighted by atomic mass is 19.1. The van der Waals surface area contributed by atoms with Gasteiger partial charge in [0.1, 0.15) is 11.6 Å². The van der Waals surface area contributed by atoms with Gasteiger partial charge in [0.25, 0.3) is 0 Å². The lowest BCUT2D eigenvalue weighted by atomic mass is 9.95. The first-order valence-corrected chi connectivity index (χ1v) is 5.24. The lowest BCUT2D eigenvalue weighted by Gasteiger charge is -2.13. The number of benzene rings is 1. The van der Waals surface area contributed by atoms with Crippen LogP contribution < -0.4 is 5.32 Å². The van der Waals surface area contributed by atoms with Crippen molar-refractivity contribution in [2.75, 3.05) is 13.6 Å². The number of Topliss-reactive ketones (excluding diaryl/α,β-unsaturated/α-hetero) is 1. The highest BCUT2D eigenvalue weighted by Crippen LogP contribution is 2.16. The Kier molecular flexibility index (Phi) is 4.55. The van der Waals surface area contributed by atoms with Gasteiger partial charge in [0, 0.05) is 12.5 Å². The molecule has 1 N–H and O–H groups in total. The fraction of sp³-hybridized carbons (Fsp3) is 0.417. The van der Waals surface area contributed by atoms with Crippen LogP contribution in [0, 0.1) is 17.6 Å². The van der Waals surface area contributed by atoms with Crippen LogP contribution in [-0.4, -0.2) is 19.4 Å². The highest BCUT2D eigenvalue weighted by Gasteiger charge is 2.21. The molecule has 1 aromatic rings. The number of hydrogen-bond acceptors (Lipinski definition) is 2. The molecule has 1 aromatic carbocycles. The predicted molar refractivity (Wildman–Crippen MR) is 58.4 cm³/mol. The quantitative estimate of drug-likeness (QED) is 0.782. The molecule has 0 aliphatic rings. The van der Waals surface area contributed by atoms with Crippen LogP contribution in [0.5, 0.6) is 0 Å². The molecule has 0 aromatic heterocycles. The van der Waals surface area contributed by atoms with Crippen molar-refractivity contribution in [3.05, 3.63) is 35.4 Å². The van der Waals surface area contributed by atoms with Crippen LogP contribution in [0.2, 0.25) is 0 Å². The van der Waals surface area contributed by atoms with Gasteiger partial charge in [0.15, 0.2) is 5.78 Å². The normalized spacial score (nSPS) is 12.5. The maximum Gasteiger partial charge on any atom is 0.170 e. The van der Waals surface area contributed by atoms with E-state index in [1.807, 2.05) is 6.92 Å². The van der Waals surface area contributed by atoms with Crippen molar-refractivity contribution in [1.82, 2.24) is 5.32 Å². The first kappa shape index (κ1) is 12.8. The molecule has 0 fully saturated rings. The number of carbonyl (C=O) groups excluding carboxylic acids is 1. The van der Waals surface area contributed by atoms with Crippen LogP contribution in [0.25, 0.3) is 0 Å². The maximum absolute atomic E-state index is 13.3. The molecule has 0 radical (unpaired) electrons. The van der Waals surface area contributed by atoms with Crippen LogP contribution in [-0.2, 0) is 0 Å². The first-order valence-electron chi connectivity index (χ1n) is 5.24. The molecule has 0 saturated heterocycles. The molecule has 4 heteroatoms. The number of nitrogens with one attached hydrogen (secondary N) is 1. The van der Waals surface area contributed by atoms with Gasteiger partial charge in [0.05, 0.1) is 5.56 Å². The predicted octanol–water partition coefficient (Wildman–Crippen LogP) is 2.39. The number of rotatable bonds is 5. The molecule has 0 bridgehead atoms. The topological polar surface area (TPSA) is 29.1 Å². The van der Waals surface area contributed by atoms with E-state index >= 15 is 0 Å². The number of hydrogen-bond donors (Lipinski definition) is 1. The summed E-state index contributed by atoms with van der Waals surface area (Å²) in [4.78, 5) is 11.9. The summed E-state index contributed by atoms with van der Waals surface area (Å²) in [7, 11) is 1.72. The van der Waals surface area contributed by atoms with E-state index in [0.29, 0.717) is 13.0 Å². The molecule has 0 saturated carbocycles. The second-order valence-corrected chi connectivity index (χ2v) is 3.65. The Hall–Kier alpha value is -1.29. The summed E-state index contributed by atoms with van der Waals surface area (Å²) in [6, 6.07) is 2.94. The summed E-state index contributed by atoms with van der Waals surface area (Å²) in [6.45, 7) is 2.31. The average Bonchev–Trinajstić information content (AvgIpc) is 2.28. The molecular formula is C12H15F2NO. The van der Waals surface area contributed by atoms with Crippen LogP contribution in [0.15, 0.2) is 18.2 Å². The molecule has 16 heavy (non-hydrogen) atoms. The van der Waals surface area contributed by atoms with Crippen molar-refractivity contribution in [2.45, 2.75) is 13.3 Å². The molecule has 0 spiro atoms. The van der Waals surface area contributed by atoms with Crippen molar-refractivity contribution in [3.8, 4) is 0 Å². The lowest BCUT2D eigenvalue weighted by molar-refractivity contribution is 0.0912. The SMILES string of the molecule is CCC(CNC)C(=O)c1cc(F)ccc1F. The van der Waals surface area contributed by atoms with Gasteiger partial charge in [-0.3, -0.25) is 4.79 Å². The summed E-state index contributed by atoms with van der Waals surface area (Å²) in [6.07, 6.45) is 0.593. The summed E-state index contributed by atoms with van der Waals surface area (Å²) >= 11 is 0. The molecule has 1 atom stereocenters. The van der Waals surface area contributed by atoms with Crippen LogP contribution in [0.3, 0.4) is 0 Å². The smallest absolute Gasteiger partial charge is 0.170 e. The fourth-order valence-electron chi connectivity index (χ4n) is 1.58. The van der Waals surface area contributed by atoms with Crippen LogP contribution >= 0.6 is 0 Å². The van der Waals surface area contributed by atoms with Crippen molar-refractivity contribution in [3.63, 3.8) is 0 Å². The highest BCUT2D eigenvalue weighted by molar-refractivity contribution is 5.98. The van der Waals surface area contributed by atoms with Gasteiger partial charge in [-0.05, 0) is 31.7 Å². The van der Waals surface area contributed by atoms with E-state index < -0.39 is 11.6 Å². The summed E-state index contributed by atoms with van der Waals surface area (Å²) < 4.78 is 26.3. The molecule has 2 nitrogen and oxygen atoms in total. The van der Waals surface area contributed by atoms with E-state index in [-0.39, 0.29) is 17.3 Å². The molecule has 1 rings (SSSR count). The van der Waals surface area contributed by atoms with Gasteiger partial charge in [-0.1, -0.05) is 6.92 Å². The van der Waals surface area contributed by atoms with Crippen molar-refractivity contribution < 1.29 is 13.6 Å². The summed E-state index contributed by atoms with van der Waals surface area (Å²) in [5.41, 5.74) is -0.165. The Labute approximate surface area is 93.7 Å². The number of halogens is 2. The van der Waals surface area contributed by atoms with Crippen LogP contribution in [0.4, 0.5) is 8.78 Å². The van der Waals surface area contributed by atoms with E-state index in [0.717, 1.165) is 18.2 Å². The van der Waals surface area contributed by atoms with Gasteiger partial charge < -0.3 is 5.32 Å². The van der Waals surface area contributed by atoms with Gasteiger partial charge in [-0.25, -0.2) is 8.78 Å². The molecular weight excluding hydrogens is 212 g/mol. The second kappa shape index (κ2) is 5.70. The minimum Gasteiger partial charge on any atom is -0.319 e. The lowest BCUT2D eigenvalue weighted by Crippen LogP contribution is -2.26. The Bertz CT molecular complexity index is 379. The molecule has 0 aliphatic carbocycles. The average molecular weight is 227 g/mol. The zero-order valence-corrected chi connectivity index (χ0v) is 9.39. The van der Waals surface area contributed by atoms with E-state index in [1.165, 1.54) is 0 Å². The van der Waals surface area contributed by atoms with E-state index in [4.69, 9.17) is 0 Å². The zero-order chi connectivity index (χ0) is 12.1. The molecule has 0 heterocycles.